The molecule has 1 atom stereocenters. The van der Waals surface area contributed by atoms with E-state index >= 15 is 0 Å². The van der Waals surface area contributed by atoms with Crippen LogP contribution in [0.4, 0.5) is 0 Å². The molecule has 2 heteroatoms. The van der Waals surface area contributed by atoms with E-state index in [0.717, 1.165) is 18.4 Å². The van der Waals surface area contributed by atoms with Crippen molar-refractivity contribution in [1.29, 1.82) is 0 Å². The van der Waals surface area contributed by atoms with Crippen LogP contribution in [-0.2, 0) is 6.42 Å². The highest BCUT2D eigenvalue weighted by Gasteiger charge is 2.22. The molecule has 0 bridgehead atoms. The maximum absolute atomic E-state index is 9.86. The van der Waals surface area contributed by atoms with Gasteiger partial charge >= 0.3 is 0 Å². The van der Waals surface area contributed by atoms with E-state index in [1.165, 1.54) is 21.6 Å². The standard InChI is InChI=1S/C14H14OS/c1-9-7-10(8-16-9)11-3-2-4-13-12(11)5-6-14(13)15/h2-4,7-8,14-15H,5-6H2,1H3. The smallest absolute Gasteiger partial charge is 0.0796 e. The number of rotatable bonds is 1. The summed E-state index contributed by atoms with van der Waals surface area (Å²) in [5.41, 5.74) is 5.07. The molecule has 0 radical (unpaired) electrons. The number of hydrogen-bond donors (Lipinski definition) is 1. The van der Waals surface area contributed by atoms with Gasteiger partial charge in [0.15, 0.2) is 0 Å². The van der Waals surface area contributed by atoms with Crippen LogP contribution in [0.1, 0.15) is 28.5 Å². The number of benzene rings is 1. The first-order valence-corrected chi connectivity index (χ1v) is 6.49. The van der Waals surface area contributed by atoms with Crippen LogP contribution in [0.2, 0.25) is 0 Å². The molecule has 1 aliphatic carbocycles. The average molecular weight is 230 g/mol. The fraction of sp³-hybridized carbons (Fsp3) is 0.286. The fourth-order valence-corrected chi connectivity index (χ4v) is 3.19. The molecule has 2 aromatic rings. The zero-order chi connectivity index (χ0) is 11.1. The van der Waals surface area contributed by atoms with Gasteiger partial charge in [-0.2, -0.15) is 0 Å². The third kappa shape index (κ3) is 1.49. The van der Waals surface area contributed by atoms with E-state index in [0.29, 0.717) is 0 Å². The van der Waals surface area contributed by atoms with Gasteiger partial charge in [0.25, 0.3) is 0 Å². The molecule has 1 aromatic carbocycles. The summed E-state index contributed by atoms with van der Waals surface area (Å²) in [5, 5.41) is 12.1. The highest BCUT2D eigenvalue weighted by molar-refractivity contribution is 7.10. The summed E-state index contributed by atoms with van der Waals surface area (Å²) in [7, 11) is 0. The van der Waals surface area contributed by atoms with E-state index in [1.807, 2.05) is 0 Å². The normalized spacial score (nSPS) is 18.8. The van der Waals surface area contributed by atoms with Crippen molar-refractivity contribution in [3.05, 3.63) is 45.6 Å². The Bertz CT molecular complexity index is 527. The van der Waals surface area contributed by atoms with Crippen molar-refractivity contribution in [3.8, 4) is 11.1 Å². The zero-order valence-electron chi connectivity index (χ0n) is 9.23. The summed E-state index contributed by atoms with van der Waals surface area (Å²) in [6, 6.07) is 8.49. The minimum atomic E-state index is -0.255. The first-order valence-electron chi connectivity index (χ1n) is 5.61. The van der Waals surface area contributed by atoms with Crippen LogP contribution in [-0.4, -0.2) is 5.11 Å². The van der Waals surface area contributed by atoms with Crippen molar-refractivity contribution < 1.29 is 5.11 Å². The maximum atomic E-state index is 9.86. The topological polar surface area (TPSA) is 20.2 Å². The van der Waals surface area contributed by atoms with Gasteiger partial charge in [0.05, 0.1) is 6.10 Å². The monoisotopic (exact) mass is 230 g/mol. The molecule has 1 nitrogen and oxygen atoms in total. The third-order valence-electron chi connectivity index (χ3n) is 3.28. The number of thiophene rings is 1. The summed E-state index contributed by atoms with van der Waals surface area (Å²) >= 11 is 1.78. The van der Waals surface area contributed by atoms with Gasteiger partial charge in [-0.3, -0.25) is 0 Å². The van der Waals surface area contributed by atoms with E-state index in [-0.39, 0.29) is 6.10 Å². The second-order valence-corrected chi connectivity index (χ2v) is 5.49. The first kappa shape index (κ1) is 10.1. The molecule has 3 rings (SSSR count). The quantitative estimate of drug-likeness (QED) is 0.792. The molecule has 1 aromatic heterocycles. The van der Waals surface area contributed by atoms with Crippen LogP contribution in [0.15, 0.2) is 29.6 Å². The zero-order valence-corrected chi connectivity index (χ0v) is 10.1. The van der Waals surface area contributed by atoms with E-state index in [4.69, 9.17) is 0 Å². The second kappa shape index (κ2) is 3.72. The highest BCUT2D eigenvalue weighted by atomic mass is 32.1. The van der Waals surface area contributed by atoms with Gasteiger partial charge in [0.2, 0.25) is 0 Å². The number of aryl methyl sites for hydroxylation is 1. The molecule has 0 spiro atoms. The van der Waals surface area contributed by atoms with Crippen LogP contribution < -0.4 is 0 Å². The molecular weight excluding hydrogens is 216 g/mol. The maximum Gasteiger partial charge on any atom is 0.0796 e. The third-order valence-corrected chi connectivity index (χ3v) is 4.14. The largest absolute Gasteiger partial charge is 0.388 e. The summed E-state index contributed by atoms with van der Waals surface area (Å²) < 4.78 is 0. The lowest BCUT2D eigenvalue weighted by Gasteiger charge is -2.07. The Morgan fingerprint density at radius 2 is 2.25 bits per heavy atom. The van der Waals surface area contributed by atoms with Gasteiger partial charge in [0.1, 0.15) is 0 Å². The predicted molar refractivity (Wildman–Crippen MR) is 67.8 cm³/mol. The van der Waals surface area contributed by atoms with Crippen molar-refractivity contribution in [3.63, 3.8) is 0 Å². The molecule has 0 saturated carbocycles. The SMILES string of the molecule is Cc1cc(-c2cccc3c2CCC3O)cs1. The second-order valence-electron chi connectivity index (χ2n) is 4.37. The van der Waals surface area contributed by atoms with Crippen LogP contribution in [0, 0.1) is 6.92 Å². The Kier molecular flexibility index (Phi) is 2.34. The molecule has 0 aliphatic heterocycles. The van der Waals surface area contributed by atoms with Crippen LogP contribution in [0.25, 0.3) is 11.1 Å². The summed E-state index contributed by atoms with van der Waals surface area (Å²) in [4.78, 5) is 1.34. The van der Waals surface area contributed by atoms with Gasteiger partial charge in [-0.25, -0.2) is 0 Å². The molecule has 0 fully saturated rings. The molecule has 1 N–H and O–H groups in total. The van der Waals surface area contributed by atoms with E-state index < -0.39 is 0 Å². The molecule has 1 unspecified atom stereocenters. The number of fused-ring (bicyclic) bond motifs is 1. The fourth-order valence-electron chi connectivity index (χ4n) is 2.49. The van der Waals surface area contributed by atoms with Gasteiger partial charge in [-0.05, 0) is 53.5 Å². The lowest BCUT2D eigenvalue weighted by molar-refractivity contribution is 0.180. The Labute approximate surface area is 99.4 Å². The van der Waals surface area contributed by atoms with Crippen LogP contribution in [0.5, 0.6) is 0 Å². The average Bonchev–Trinajstić information content (AvgIpc) is 2.86. The Morgan fingerprint density at radius 1 is 1.38 bits per heavy atom. The lowest BCUT2D eigenvalue weighted by atomic mass is 9.98. The van der Waals surface area contributed by atoms with Gasteiger partial charge in [-0.1, -0.05) is 18.2 Å². The first-order chi connectivity index (χ1) is 7.75. The number of hydrogen-bond acceptors (Lipinski definition) is 2. The molecular formula is C14H14OS. The van der Waals surface area contributed by atoms with Gasteiger partial charge < -0.3 is 5.11 Å². The number of aliphatic hydroxyl groups is 1. The van der Waals surface area contributed by atoms with Gasteiger partial charge in [0, 0.05) is 4.88 Å². The van der Waals surface area contributed by atoms with Crippen molar-refractivity contribution in [2.45, 2.75) is 25.9 Å². The van der Waals surface area contributed by atoms with Crippen molar-refractivity contribution in [1.82, 2.24) is 0 Å². The Morgan fingerprint density at radius 3 is 3.00 bits per heavy atom. The Hall–Kier alpha value is -1.12. The minimum absolute atomic E-state index is 0.255. The molecule has 1 heterocycles. The van der Waals surface area contributed by atoms with E-state index in [1.54, 1.807) is 11.3 Å². The van der Waals surface area contributed by atoms with Crippen LogP contribution in [0.3, 0.4) is 0 Å². The summed E-state index contributed by atoms with van der Waals surface area (Å²) in [6.45, 7) is 2.13. The molecule has 16 heavy (non-hydrogen) atoms. The van der Waals surface area contributed by atoms with E-state index in [9.17, 15) is 5.11 Å². The predicted octanol–water partition coefficient (Wildman–Crippen LogP) is 3.70. The summed E-state index contributed by atoms with van der Waals surface area (Å²) in [6.07, 6.45) is 1.62. The van der Waals surface area contributed by atoms with Crippen molar-refractivity contribution in [2.24, 2.45) is 0 Å². The minimum Gasteiger partial charge on any atom is -0.388 e. The molecule has 82 valence electrons. The molecule has 0 saturated heterocycles. The molecule has 0 amide bonds. The summed E-state index contributed by atoms with van der Waals surface area (Å²) in [5.74, 6) is 0. The van der Waals surface area contributed by atoms with E-state index in [2.05, 4.69) is 36.6 Å². The lowest BCUT2D eigenvalue weighted by Crippen LogP contribution is -1.90. The number of aliphatic hydroxyl groups excluding tert-OH is 1. The molecule has 1 aliphatic rings. The highest BCUT2D eigenvalue weighted by Crippen LogP contribution is 2.38. The van der Waals surface area contributed by atoms with Crippen LogP contribution >= 0.6 is 11.3 Å². The van der Waals surface area contributed by atoms with Crippen molar-refractivity contribution in [2.75, 3.05) is 0 Å². The van der Waals surface area contributed by atoms with Crippen molar-refractivity contribution >= 4 is 11.3 Å². The van der Waals surface area contributed by atoms with Gasteiger partial charge in [-0.15, -0.1) is 11.3 Å². The Balaban J connectivity index is 2.16.